The van der Waals surface area contributed by atoms with Gasteiger partial charge in [0.15, 0.2) is 0 Å². The van der Waals surface area contributed by atoms with Crippen LogP contribution >= 0.6 is 0 Å². The quantitative estimate of drug-likeness (QED) is 0.723. The first kappa shape index (κ1) is 12.8. The van der Waals surface area contributed by atoms with Crippen LogP contribution in [0.4, 0.5) is 0 Å². The minimum atomic E-state index is -3.43. The van der Waals surface area contributed by atoms with Crippen LogP contribution in [0.2, 0.25) is 0 Å². The highest BCUT2D eigenvalue weighted by Gasteiger charge is 2.38. The van der Waals surface area contributed by atoms with Gasteiger partial charge in [0.2, 0.25) is 15.9 Å². The van der Waals surface area contributed by atoms with Gasteiger partial charge < -0.3 is 5.73 Å². The number of nitrogens with one attached hydrogen (secondary N) is 1. The summed E-state index contributed by atoms with van der Waals surface area (Å²) >= 11 is 0. The minimum Gasteiger partial charge on any atom is -0.327 e. The van der Waals surface area contributed by atoms with E-state index in [2.05, 4.69) is 4.72 Å². The van der Waals surface area contributed by atoms with Crippen LogP contribution in [0.25, 0.3) is 0 Å². The Morgan fingerprint density at radius 1 is 1.06 bits per heavy atom. The molecule has 0 aromatic heterocycles. The number of nitrogens with two attached hydrogens (primary N) is 1. The minimum absolute atomic E-state index is 0.202. The third-order valence-corrected chi connectivity index (χ3v) is 5.45. The lowest BCUT2D eigenvalue weighted by Crippen LogP contribution is -2.44. The topological polar surface area (TPSA) is 89.3 Å². The normalized spacial score (nSPS) is 30.6. The van der Waals surface area contributed by atoms with Gasteiger partial charge in [-0.05, 0) is 25.7 Å². The fourth-order valence-corrected chi connectivity index (χ4v) is 3.69. The number of rotatable bonds is 3. The maximum Gasteiger partial charge on any atom is 0.238 e. The maximum absolute atomic E-state index is 11.9. The molecule has 0 saturated heterocycles. The zero-order chi connectivity index (χ0) is 12.5. The molecule has 0 spiro atoms. The summed E-state index contributed by atoms with van der Waals surface area (Å²) in [6.07, 6.45) is 5.90. The van der Waals surface area contributed by atoms with Crippen molar-refractivity contribution in [3.63, 3.8) is 0 Å². The highest BCUT2D eigenvalue weighted by molar-refractivity contribution is 7.90. The SMILES string of the molecule is NC1CCCCCC1C(=O)NS(=O)(=O)C1CC1. The first-order valence-electron chi connectivity index (χ1n) is 6.32. The van der Waals surface area contributed by atoms with E-state index in [1.54, 1.807) is 0 Å². The molecule has 1 amide bonds. The number of hydrogen-bond donors (Lipinski definition) is 2. The maximum atomic E-state index is 11.9. The number of carbonyl (C=O) groups excluding carboxylic acids is 1. The average molecular weight is 260 g/mol. The van der Waals surface area contributed by atoms with Gasteiger partial charge in [0.25, 0.3) is 0 Å². The van der Waals surface area contributed by atoms with E-state index in [4.69, 9.17) is 5.73 Å². The summed E-state index contributed by atoms with van der Waals surface area (Å²) < 4.78 is 25.5. The Bertz CT molecular complexity index is 390. The molecule has 17 heavy (non-hydrogen) atoms. The van der Waals surface area contributed by atoms with Gasteiger partial charge in [0.1, 0.15) is 0 Å². The third-order valence-electron chi connectivity index (χ3n) is 3.61. The van der Waals surface area contributed by atoms with Crippen molar-refractivity contribution in [1.82, 2.24) is 4.72 Å². The van der Waals surface area contributed by atoms with Crippen molar-refractivity contribution in [3.05, 3.63) is 0 Å². The summed E-state index contributed by atoms with van der Waals surface area (Å²) in [7, 11) is -3.43. The Hall–Kier alpha value is -0.620. The molecule has 2 atom stereocenters. The fourth-order valence-electron chi connectivity index (χ4n) is 2.34. The third kappa shape index (κ3) is 3.19. The van der Waals surface area contributed by atoms with Crippen molar-refractivity contribution in [2.75, 3.05) is 0 Å². The summed E-state index contributed by atoms with van der Waals surface area (Å²) in [4.78, 5) is 11.9. The van der Waals surface area contributed by atoms with Gasteiger partial charge in [0, 0.05) is 6.04 Å². The number of carbonyl (C=O) groups is 1. The molecule has 2 fully saturated rings. The van der Waals surface area contributed by atoms with Crippen LogP contribution in [0.15, 0.2) is 0 Å². The molecule has 2 rings (SSSR count). The Kier molecular flexibility index (Phi) is 3.73. The molecule has 2 aliphatic carbocycles. The van der Waals surface area contributed by atoms with Crippen molar-refractivity contribution in [2.24, 2.45) is 11.7 Å². The number of sulfonamides is 1. The van der Waals surface area contributed by atoms with E-state index in [0.717, 1.165) is 25.7 Å². The summed E-state index contributed by atoms with van der Waals surface area (Å²) in [5, 5.41) is -0.353. The second-order valence-corrected chi connectivity index (χ2v) is 7.08. The van der Waals surface area contributed by atoms with Gasteiger partial charge in [-0.1, -0.05) is 19.3 Å². The van der Waals surface area contributed by atoms with Gasteiger partial charge in [-0.3, -0.25) is 9.52 Å². The molecule has 0 aromatic rings. The van der Waals surface area contributed by atoms with Crippen LogP contribution in [0.1, 0.15) is 44.9 Å². The largest absolute Gasteiger partial charge is 0.327 e. The smallest absolute Gasteiger partial charge is 0.238 e. The van der Waals surface area contributed by atoms with E-state index in [9.17, 15) is 13.2 Å². The molecule has 5 nitrogen and oxygen atoms in total. The Morgan fingerprint density at radius 2 is 1.71 bits per heavy atom. The fraction of sp³-hybridized carbons (Fsp3) is 0.909. The zero-order valence-electron chi connectivity index (χ0n) is 9.89. The zero-order valence-corrected chi connectivity index (χ0v) is 10.7. The van der Waals surface area contributed by atoms with E-state index in [0.29, 0.717) is 19.3 Å². The number of amides is 1. The average Bonchev–Trinajstić information content (AvgIpc) is 3.03. The Balaban J connectivity index is 1.98. The van der Waals surface area contributed by atoms with Crippen LogP contribution in [0.3, 0.4) is 0 Å². The van der Waals surface area contributed by atoms with Gasteiger partial charge in [0.05, 0.1) is 11.2 Å². The first-order valence-corrected chi connectivity index (χ1v) is 7.86. The molecule has 98 valence electrons. The second-order valence-electron chi connectivity index (χ2n) is 5.12. The van der Waals surface area contributed by atoms with Crippen molar-refractivity contribution in [3.8, 4) is 0 Å². The lowest BCUT2D eigenvalue weighted by atomic mass is 9.95. The summed E-state index contributed by atoms with van der Waals surface area (Å²) in [5.74, 6) is -0.739. The molecular formula is C11H20N2O3S. The van der Waals surface area contributed by atoms with Gasteiger partial charge in [-0.2, -0.15) is 0 Å². The predicted molar refractivity (Wildman–Crippen MR) is 64.6 cm³/mol. The van der Waals surface area contributed by atoms with Gasteiger partial charge in [-0.15, -0.1) is 0 Å². The molecule has 6 heteroatoms. The Morgan fingerprint density at radius 3 is 2.35 bits per heavy atom. The molecule has 0 radical (unpaired) electrons. The number of hydrogen-bond acceptors (Lipinski definition) is 4. The van der Waals surface area contributed by atoms with Crippen LogP contribution < -0.4 is 10.5 Å². The van der Waals surface area contributed by atoms with Crippen LogP contribution in [0.5, 0.6) is 0 Å². The van der Waals surface area contributed by atoms with E-state index < -0.39 is 15.9 Å². The molecule has 0 bridgehead atoms. The molecule has 0 heterocycles. The lowest BCUT2D eigenvalue weighted by molar-refractivity contribution is -0.123. The van der Waals surface area contributed by atoms with Crippen molar-refractivity contribution in [1.29, 1.82) is 0 Å². The molecular weight excluding hydrogens is 240 g/mol. The molecule has 2 unspecified atom stereocenters. The van der Waals surface area contributed by atoms with E-state index in [1.165, 1.54) is 0 Å². The van der Waals surface area contributed by atoms with E-state index in [-0.39, 0.29) is 17.2 Å². The Labute approximate surface area is 102 Å². The second kappa shape index (κ2) is 4.94. The summed E-state index contributed by atoms with van der Waals surface area (Å²) in [6.45, 7) is 0. The van der Waals surface area contributed by atoms with E-state index in [1.807, 2.05) is 0 Å². The van der Waals surface area contributed by atoms with E-state index >= 15 is 0 Å². The van der Waals surface area contributed by atoms with Crippen molar-refractivity contribution < 1.29 is 13.2 Å². The summed E-state index contributed by atoms with van der Waals surface area (Å²) in [5.41, 5.74) is 5.93. The van der Waals surface area contributed by atoms with Gasteiger partial charge in [-0.25, -0.2) is 8.42 Å². The highest BCUT2D eigenvalue weighted by atomic mass is 32.2. The summed E-state index contributed by atoms with van der Waals surface area (Å²) in [6, 6.07) is -0.202. The van der Waals surface area contributed by atoms with Crippen LogP contribution in [0, 0.1) is 5.92 Å². The molecule has 0 aromatic carbocycles. The van der Waals surface area contributed by atoms with Crippen molar-refractivity contribution in [2.45, 2.75) is 56.2 Å². The highest BCUT2D eigenvalue weighted by Crippen LogP contribution is 2.28. The monoisotopic (exact) mass is 260 g/mol. The van der Waals surface area contributed by atoms with Crippen LogP contribution in [-0.4, -0.2) is 25.6 Å². The molecule has 3 N–H and O–H groups in total. The lowest BCUT2D eigenvalue weighted by Gasteiger charge is -2.20. The predicted octanol–water partition coefficient (Wildman–Crippen LogP) is 0.502. The van der Waals surface area contributed by atoms with Crippen molar-refractivity contribution >= 4 is 15.9 Å². The molecule has 2 aliphatic rings. The standard InChI is InChI=1S/C11H20N2O3S/c12-10-5-3-1-2-4-9(10)11(14)13-17(15,16)8-6-7-8/h8-10H,1-7,12H2,(H,13,14). The van der Waals surface area contributed by atoms with Crippen LogP contribution in [-0.2, 0) is 14.8 Å². The molecule has 2 saturated carbocycles. The molecule has 0 aliphatic heterocycles. The van der Waals surface area contributed by atoms with Gasteiger partial charge >= 0.3 is 0 Å². The first-order chi connectivity index (χ1) is 8.00.